The first-order valence-electron chi connectivity index (χ1n) is 9.19. The number of carbonyl (C=O) groups is 2. The van der Waals surface area contributed by atoms with Gasteiger partial charge in [-0.25, -0.2) is 0 Å². The van der Waals surface area contributed by atoms with Gasteiger partial charge >= 0.3 is 0 Å². The maximum absolute atomic E-state index is 12.3. The maximum atomic E-state index is 12.3. The van der Waals surface area contributed by atoms with E-state index < -0.39 is 0 Å². The zero-order chi connectivity index (χ0) is 19.8. The number of para-hydroxylation sites is 1. The lowest BCUT2D eigenvalue weighted by atomic mass is 10.0. The van der Waals surface area contributed by atoms with E-state index in [1.165, 1.54) is 6.92 Å². The van der Waals surface area contributed by atoms with Crippen molar-refractivity contribution in [2.75, 3.05) is 16.8 Å². The molecule has 0 heterocycles. The van der Waals surface area contributed by atoms with Crippen molar-refractivity contribution in [3.05, 3.63) is 59.2 Å². The fourth-order valence-corrected chi connectivity index (χ4v) is 3.05. The Morgan fingerprint density at radius 1 is 1.04 bits per heavy atom. The zero-order valence-corrected chi connectivity index (χ0v) is 16.1. The van der Waals surface area contributed by atoms with Crippen molar-refractivity contribution in [2.24, 2.45) is 0 Å². The molecule has 2 aromatic carbocycles. The monoisotopic (exact) mass is 363 g/mol. The van der Waals surface area contributed by atoms with E-state index >= 15 is 0 Å². The Morgan fingerprint density at radius 2 is 1.63 bits per heavy atom. The topological polar surface area (TPSA) is 73.2 Å². The van der Waals surface area contributed by atoms with E-state index in [9.17, 15) is 9.59 Å². The van der Waals surface area contributed by atoms with E-state index in [4.69, 9.17) is 5.26 Å². The molecule has 0 fully saturated rings. The number of nitrogens with one attached hydrogen (secondary N) is 1. The molecule has 5 heteroatoms. The predicted molar refractivity (Wildman–Crippen MR) is 108 cm³/mol. The van der Waals surface area contributed by atoms with Crippen LogP contribution in [0.5, 0.6) is 0 Å². The summed E-state index contributed by atoms with van der Waals surface area (Å²) < 4.78 is 0. The van der Waals surface area contributed by atoms with Gasteiger partial charge in [-0.3, -0.25) is 9.59 Å². The molecule has 0 bridgehead atoms. The molecule has 0 atom stereocenters. The van der Waals surface area contributed by atoms with Crippen LogP contribution in [0.25, 0.3) is 0 Å². The molecule has 2 rings (SSSR count). The summed E-state index contributed by atoms with van der Waals surface area (Å²) in [5.74, 6) is -0.241. The van der Waals surface area contributed by atoms with Crippen LogP contribution in [-0.2, 0) is 22.4 Å². The normalized spacial score (nSPS) is 10.1. The molecular weight excluding hydrogens is 338 g/mol. The van der Waals surface area contributed by atoms with Gasteiger partial charge in [0, 0.05) is 31.3 Å². The van der Waals surface area contributed by atoms with Crippen LogP contribution < -0.4 is 10.2 Å². The second-order valence-electron chi connectivity index (χ2n) is 6.29. The summed E-state index contributed by atoms with van der Waals surface area (Å²) in [6, 6.07) is 14.8. The van der Waals surface area contributed by atoms with Gasteiger partial charge in [-0.1, -0.05) is 32.0 Å². The number of nitrogens with zero attached hydrogens (tertiary/aromatic N) is 2. The van der Waals surface area contributed by atoms with Gasteiger partial charge in [-0.05, 0) is 48.2 Å². The quantitative estimate of drug-likeness (QED) is 0.806. The van der Waals surface area contributed by atoms with Gasteiger partial charge in [0.1, 0.15) is 0 Å². The largest absolute Gasteiger partial charge is 0.326 e. The lowest BCUT2D eigenvalue weighted by Gasteiger charge is -2.26. The molecule has 0 aromatic heterocycles. The van der Waals surface area contributed by atoms with Crippen molar-refractivity contribution in [3.63, 3.8) is 0 Å². The van der Waals surface area contributed by atoms with Gasteiger partial charge in [0.05, 0.1) is 11.6 Å². The highest BCUT2D eigenvalue weighted by atomic mass is 16.2. The van der Waals surface area contributed by atoms with Crippen LogP contribution in [-0.4, -0.2) is 18.4 Å². The van der Waals surface area contributed by atoms with E-state index in [0.717, 1.165) is 29.7 Å². The highest BCUT2D eigenvalue weighted by Crippen LogP contribution is 2.27. The first-order valence-corrected chi connectivity index (χ1v) is 9.19. The number of benzene rings is 2. The Morgan fingerprint density at radius 3 is 2.11 bits per heavy atom. The molecule has 0 spiro atoms. The molecule has 0 saturated carbocycles. The number of hydrogen-bond acceptors (Lipinski definition) is 3. The smallest absolute Gasteiger partial charge is 0.226 e. The van der Waals surface area contributed by atoms with Crippen molar-refractivity contribution in [1.82, 2.24) is 0 Å². The molecule has 27 heavy (non-hydrogen) atoms. The van der Waals surface area contributed by atoms with Crippen LogP contribution in [0, 0.1) is 11.3 Å². The average Bonchev–Trinajstić information content (AvgIpc) is 2.68. The highest BCUT2D eigenvalue weighted by Gasteiger charge is 2.19. The van der Waals surface area contributed by atoms with Crippen LogP contribution in [0.3, 0.4) is 0 Å². The SMILES string of the molecule is CCc1cccc(CC)c1N(CCC(=O)Nc1ccc(C#N)cc1)C(C)=O. The molecule has 140 valence electrons. The van der Waals surface area contributed by atoms with Crippen LogP contribution >= 0.6 is 0 Å². The average molecular weight is 363 g/mol. The third-order valence-electron chi connectivity index (χ3n) is 4.48. The molecule has 1 N–H and O–H groups in total. The lowest BCUT2D eigenvalue weighted by molar-refractivity contribution is -0.117. The summed E-state index contributed by atoms with van der Waals surface area (Å²) in [5, 5.41) is 11.6. The minimum absolute atomic E-state index is 0.0724. The zero-order valence-electron chi connectivity index (χ0n) is 16.1. The number of carbonyl (C=O) groups excluding carboxylic acids is 2. The fourth-order valence-electron chi connectivity index (χ4n) is 3.05. The van der Waals surface area contributed by atoms with Crippen LogP contribution in [0.4, 0.5) is 11.4 Å². The molecule has 2 amide bonds. The summed E-state index contributed by atoms with van der Waals surface area (Å²) in [6.45, 7) is 5.98. The third-order valence-corrected chi connectivity index (χ3v) is 4.48. The van der Waals surface area contributed by atoms with Crippen LogP contribution in [0.2, 0.25) is 0 Å². The summed E-state index contributed by atoms with van der Waals surface area (Å²) in [7, 11) is 0. The predicted octanol–water partition coefficient (Wildman–Crippen LogP) is 4.06. The van der Waals surface area contributed by atoms with Gasteiger partial charge in [0.25, 0.3) is 0 Å². The first-order chi connectivity index (χ1) is 13.0. The van der Waals surface area contributed by atoms with Gasteiger partial charge in [-0.15, -0.1) is 0 Å². The summed E-state index contributed by atoms with van der Waals surface area (Å²) in [4.78, 5) is 26.3. The standard InChI is InChI=1S/C22H25N3O2/c1-4-18-7-6-8-19(5-2)22(18)25(16(3)26)14-13-21(27)24-20-11-9-17(15-23)10-12-20/h6-12H,4-5,13-14H2,1-3H3,(H,24,27). The Bertz CT molecular complexity index is 829. The Hall–Kier alpha value is -3.13. The van der Waals surface area contributed by atoms with Crippen molar-refractivity contribution >= 4 is 23.2 Å². The number of rotatable bonds is 7. The number of hydrogen-bond donors (Lipinski definition) is 1. The summed E-state index contributed by atoms with van der Waals surface area (Å²) >= 11 is 0. The van der Waals surface area contributed by atoms with Gasteiger partial charge in [0.15, 0.2) is 0 Å². The van der Waals surface area contributed by atoms with Crippen LogP contribution in [0.1, 0.15) is 43.9 Å². The molecular formula is C22H25N3O2. The fraction of sp³-hybridized carbons (Fsp3) is 0.318. The van der Waals surface area contributed by atoms with Crippen molar-refractivity contribution in [1.29, 1.82) is 5.26 Å². The van der Waals surface area contributed by atoms with E-state index in [2.05, 4.69) is 19.2 Å². The van der Waals surface area contributed by atoms with Crippen molar-refractivity contribution in [2.45, 2.75) is 40.0 Å². The molecule has 0 saturated heterocycles. The maximum Gasteiger partial charge on any atom is 0.226 e. The van der Waals surface area contributed by atoms with E-state index in [-0.39, 0.29) is 18.2 Å². The highest BCUT2D eigenvalue weighted by molar-refractivity contribution is 5.96. The van der Waals surface area contributed by atoms with Gasteiger partial charge < -0.3 is 10.2 Å². The van der Waals surface area contributed by atoms with E-state index in [0.29, 0.717) is 17.8 Å². The summed E-state index contributed by atoms with van der Waals surface area (Å²) in [5.41, 5.74) is 4.32. The third kappa shape index (κ3) is 5.18. The van der Waals surface area contributed by atoms with Gasteiger partial charge in [-0.2, -0.15) is 5.26 Å². The van der Waals surface area contributed by atoms with Crippen molar-refractivity contribution in [3.8, 4) is 6.07 Å². The lowest BCUT2D eigenvalue weighted by Crippen LogP contribution is -2.33. The number of nitriles is 1. The molecule has 0 radical (unpaired) electrons. The molecule has 0 aliphatic heterocycles. The molecule has 2 aromatic rings. The number of anilines is 2. The minimum atomic E-state index is -0.169. The Labute approximate surface area is 160 Å². The van der Waals surface area contributed by atoms with E-state index in [1.807, 2.05) is 24.3 Å². The molecule has 0 unspecified atom stereocenters. The molecule has 0 aliphatic rings. The minimum Gasteiger partial charge on any atom is -0.326 e. The number of aryl methyl sites for hydroxylation is 2. The second-order valence-corrected chi connectivity index (χ2v) is 6.29. The summed E-state index contributed by atoms with van der Waals surface area (Å²) in [6.07, 6.45) is 1.84. The first kappa shape index (κ1) is 20.2. The second kappa shape index (κ2) is 9.54. The van der Waals surface area contributed by atoms with Crippen molar-refractivity contribution < 1.29 is 9.59 Å². The Kier molecular flexibility index (Phi) is 7.13. The van der Waals surface area contributed by atoms with Crippen LogP contribution in [0.15, 0.2) is 42.5 Å². The number of amides is 2. The van der Waals surface area contributed by atoms with E-state index in [1.54, 1.807) is 29.2 Å². The molecule has 0 aliphatic carbocycles. The Balaban J connectivity index is 2.12. The molecule has 5 nitrogen and oxygen atoms in total. The van der Waals surface area contributed by atoms with Gasteiger partial charge in [0.2, 0.25) is 11.8 Å².